The predicted octanol–water partition coefficient (Wildman–Crippen LogP) is 1.93. The van der Waals surface area contributed by atoms with Crippen molar-refractivity contribution < 1.29 is 28.5 Å². The molecule has 0 aliphatic carbocycles. The summed E-state index contributed by atoms with van der Waals surface area (Å²) in [5.74, 6) is -3.80. The number of nitrogens with zero attached hydrogens (tertiary/aromatic N) is 2. The zero-order chi connectivity index (χ0) is 21.3. The van der Waals surface area contributed by atoms with Crippen LogP contribution in [0.25, 0.3) is 0 Å². The van der Waals surface area contributed by atoms with Gasteiger partial charge in [-0.3, -0.25) is 34.2 Å². The van der Waals surface area contributed by atoms with E-state index in [9.17, 15) is 33.7 Å². The lowest BCUT2D eigenvalue weighted by atomic mass is 10.1. The smallest absolute Gasteiger partial charge is 0.282 e. The van der Waals surface area contributed by atoms with E-state index in [1.54, 1.807) is 0 Å². The van der Waals surface area contributed by atoms with Crippen molar-refractivity contribution in [3.8, 4) is 0 Å². The standard InChI is InChI=1S/C18H13FN4O6/c1-9(24)20-13-7-10(5-6-12(13)19)21-15(25)8-22-17(26)11-3-2-4-14(23(28)29)16(11)18(22)27/h2-7H,8H2,1H3,(H,20,24)(H,21,25). The van der Waals surface area contributed by atoms with Crippen LogP contribution in [0.1, 0.15) is 27.6 Å². The van der Waals surface area contributed by atoms with Crippen LogP contribution in [-0.2, 0) is 9.59 Å². The number of nitro benzene ring substituents is 1. The summed E-state index contributed by atoms with van der Waals surface area (Å²) in [5, 5.41) is 15.7. The number of rotatable bonds is 5. The van der Waals surface area contributed by atoms with Gasteiger partial charge in [0, 0.05) is 18.7 Å². The first-order chi connectivity index (χ1) is 13.7. The molecular formula is C18H13FN4O6. The Balaban J connectivity index is 1.78. The van der Waals surface area contributed by atoms with E-state index in [0.717, 1.165) is 12.1 Å². The average molecular weight is 400 g/mol. The molecule has 0 radical (unpaired) electrons. The van der Waals surface area contributed by atoms with Crippen LogP contribution < -0.4 is 10.6 Å². The third-order valence-corrected chi connectivity index (χ3v) is 4.04. The summed E-state index contributed by atoms with van der Waals surface area (Å²) in [6, 6.07) is 7.05. The molecule has 0 saturated carbocycles. The fourth-order valence-corrected chi connectivity index (χ4v) is 2.84. The SMILES string of the molecule is CC(=O)Nc1cc(NC(=O)CN2C(=O)c3cccc([N+](=O)[O-])c3C2=O)ccc1F. The molecule has 0 bridgehead atoms. The number of benzene rings is 2. The summed E-state index contributed by atoms with van der Waals surface area (Å²) in [4.78, 5) is 59.1. The fourth-order valence-electron chi connectivity index (χ4n) is 2.84. The van der Waals surface area contributed by atoms with Gasteiger partial charge in [0.25, 0.3) is 17.5 Å². The van der Waals surface area contributed by atoms with Crippen molar-refractivity contribution in [2.75, 3.05) is 17.2 Å². The lowest BCUT2D eigenvalue weighted by Crippen LogP contribution is -2.37. The summed E-state index contributed by atoms with van der Waals surface area (Å²) < 4.78 is 13.7. The normalized spacial score (nSPS) is 12.6. The Kier molecular flexibility index (Phi) is 5.05. The molecule has 0 spiro atoms. The van der Waals surface area contributed by atoms with E-state index in [1.807, 2.05) is 0 Å². The van der Waals surface area contributed by atoms with Gasteiger partial charge in [0.15, 0.2) is 0 Å². The molecule has 1 aliphatic rings. The average Bonchev–Trinajstić information content (AvgIpc) is 2.89. The van der Waals surface area contributed by atoms with E-state index in [1.165, 1.54) is 31.2 Å². The minimum absolute atomic E-state index is 0.114. The molecule has 1 aliphatic heterocycles. The zero-order valence-corrected chi connectivity index (χ0v) is 14.9. The number of nitro groups is 1. The van der Waals surface area contributed by atoms with Crippen LogP contribution in [0.5, 0.6) is 0 Å². The van der Waals surface area contributed by atoms with Gasteiger partial charge in [-0.1, -0.05) is 6.07 Å². The highest BCUT2D eigenvalue weighted by atomic mass is 19.1. The highest BCUT2D eigenvalue weighted by Crippen LogP contribution is 2.30. The largest absolute Gasteiger partial charge is 0.324 e. The van der Waals surface area contributed by atoms with Crippen LogP contribution in [0, 0.1) is 15.9 Å². The van der Waals surface area contributed by atoms with Gasteiger partial charge >= 0.3 is 0 Å². The van der Waals surface area contributed by atoms with Gasteiger partial charge in [0.1, 0.15) is 17.9 Å². The molecule has 0 saturated heterocycles. The molecule has 10 nitrogen and oxygen atoms in total. The molecule has 148 valence electrons. The molecule has 0 fully saturated rings. The van der Waals surface area contributed by atoms with Crippen molar-refractivity contribution in [3.05, 3.63) is 63.5 Å². The van der Waals surface area contributed by atoms with Crippen molar-refractivity contribution in [1.29, 1.82) is 0 Å². The van der Waals surface area contributed by atoms with Gasteiger partial charge in [0.05, 0.1) is 16.2 Å². The first-order valence-electron chi connectivity index (χ1n) is 8.19. The molecule has 2 aromatic rings. The molecule has 2 N–H and O–H groups in total. The molecule has 4 amide bonds. The first kappa shape index (κ1) is 19.6. The summed E-state index contributed by atoms with van der Waals surface area (Å²) in [6.45, 7) is 0.489. The van der Waals surface area contributed by atoms with E-state index in [2.05, 4.69) is 10.6 Å². The molecule has 11 heteroatoms. The second-order valence-corrected chi connectivity index (χ2v) is 6.08. The van der Waals surface area contributed by atoms with Crippen LogP contribution >= 0.6 is 0 Å². The molecule has 2 aromatic carbocycles. The van der Waals surface area contributed by atoms with Crippen LogP contribution in [0.2, 0.25) is 0 Å². The summed E-state index contributed by atoms with van der Waals surface area (Å²) in [6.07, 6.45) is 0. The Morgan fingerprint density at radius 3 is 2.52 bits per heavy atom. The monoisotopic (exact) mass is 400 g/mol. The maximum absolute atomic E-state index is 13.7. The number of amides is 4. The highest BCUT2D eigenvalue weighted by Gasteiger charge is 2.41. The van der Waals surface area contributed by atoms with Crippen molar-refractivity contribution in [1.82, 2.24) is 4.90 Å². The molecule has 0 atom stereocenters. The Morgan fingerprint density at radius 1 is 1.14 bits per heavy atom. The maximum atomic E-state index is 13.7. The molecule has 0 aromatic heterocycles. The van der Waals surface area contributed by atoms with Gasteiger partial charge in [0.2, 0.25) is 11.8 Å². The Morgan fingerprint density at radius 2 is 1.86 bits per heavy atom. The number of nitrogens with one attached hydrogen (secondary N) is 2. The Bertz CT molecular complexity index is 1080. The zero-order valence-electron chi connectivity index (χ0n) is 14.9. The number of hydrogen-bond acceptors (Lipinski definition) is 6. The van der Waals surface area contributed by atoms with Crippen molar-refractivity contribution in [2.45, 2.75) is 6.92 Å². The maximum Gasteiger partial charge on any atom is 0.282 e. The van der Waals surface area contributed by atoms with E-state index in [-0.39, 0.29) is 22.5 Å². The van der Waals surface area contributed by atoms with Crippen molar-refractivity contribution in [3.63, 3.8) is 0 Å². The lowest BCUT2D eigenvalue weighted by Gasteiger charge is -2.14. The van der Waals surface area contributed by atoms with Crippen molar-refractivity contribution in [2.24, 2.45) is 0 Å². The fraction of sp³-hybridized carbons (Fsp3) is 0.111. The third-order valence-electron chi connectivity index (χ3n) is 4.04. The van der Waals surface area contributed by atoms with Crippen LogP contribution in [0.15, 0.2) is 36.4 Å². The van der Waals surface area contributed by atoms with E-state index >= 15 is 0 Å². The Hall–Kier alpha value is -4.15. The van der Waals surface area contributed by atoms with Gasteiger partial charge in [-0.05, 0) is 24.3 Å². The van der Waals surface area contributed by atoms with Crippen LogP contribution in [-0.4, -0.2) is 40.0 Å². The Labute approximate surface area is 162 Å². The number of carbonyl (C=O) groups is 4. The molecule has 29 heavy (non-hydrogen) atoms. The van der Waals surface area contributed by atoms with Gasteiger partial charge in [-0.25, -0.2) is 4.39 Å². The number of imide groups is 1. The van der Waals surface area contributed by atoms with Crippen LogP contribution in [0.3, 0.4) is 0 Å². The predicted molar refractivity (Wildman–Crippen MR) is 97.8 cm³/mol. The summed E-state index contributed by atoms with van der Waals surface area (Å²) >= 11 is 0. The number of hydrogen-bond donors (Lipinski definition) is 2. The van der Waals surface area contributed by atoms with E-state index in [4.69, 9.17) is 0 Å². The van der Waals surface area contributed by atoms with E-state index in [0.29, 0.717) is 4.90 Å². The van der Waals surface area contributed by atoms with Crippen molar-refractivity contribution >= 4 is 40.7 Å². The molecule has 0 unspecified atom stereocenters. The number of fused-ring (bicyclic) bond motifs is 1. The topological polar surface area (TPSA) is 139 Å². The van der Waals surface area contributed by atoms with Gasteiger partial charge in [-0.2, -0.15) is 0 Å². The molecule has 3 rings (SSSR count). The van der Waals surface area contributed by atoms with E-state index < -0.39 is 46.6 Å². The molecule has 1 heterocycles. The first-order valence-corrected chi connectivity index (χ1v) is 8.19. The molecular weight excluding hydrogens is 387 g/mol. The highest BCUT2D eigenvalue weighted by molar-refractivity contribution is 6.24. The summed E-state index contributed by atoms with van der Waals surface area (Å²) in [7, 11) is 0. The van der Waals surface area contributed by atoms with Gasteiger partial charge in [-0.15, -0.1) is 0 Å². The lowest BCUT2D eigenvalue weighted by molar-refractivity contribution is -0.385. The number of carbonyl (C=O) groups excluding carboxylic acids is 4. The number of halogens is 1. The van der Waals surface area contributed by atoms with Crippen LogP contribution in [0.4, 0.5) is 21.5 Å². The second kappa shape index (κ2) is 7.46. The van der Waals surface area contributed by atoms with Gasteiger partial charge < -0.3 is 10.6 Å². The minimum Gasteiger partial charge on any atom is -0.324 e. The number of anilines is 2. The quantitative estimate of drug-likeness (QED) is 0.447. The minimum atomic E-state index is -0.953. The summed E-state index contributed by atoms with van der Waals surface area (Å²) in [5.41, 5.74) is -1.10. The second-order valence-electron chi connectivity index (χ2n) is 6.08. The third kappa shape index (κ3) is 3.78.